The smallest absolute Gasteiger partial charge is 0.307 e. The molecule has 1 aromatic rings. The van der Waals surface area contributed by atoms with Gasteiger partial charge in [-0.3, -0.25) is 19.2 Å². The standard InChI is InChI=1S/C34H54N4O5/c1-7-27(31(36-29(39)8-2)33(42)38-21-19-37(6)20-22-38)25-15-17-26(18-16-25)35-32(41)28(23-30(40)43-34(3,4)5)24-13-11-9-10-12-14-24/h15-18,24,27-28,31H,7-14,19-23H2,1-6H3,(H,35,41)(H,36,39)/t27-,28-,31+/m0/s1. The van der Waals surface area contributed by atoms with E-state index in [9.17, 15) is 19.2 Å². The minimum atomic E-state index is -0.658. The van der Waals surface area contributed by atoms with Crippen LogP contribution < -0.4 is 10.6 Å². The van der Waals surface area contributed by atoms with Gasteiger partial charge in [-0.1, -0.05) is 51.7 Å². The minimum absolute atomic E-state index is 0.0486. The first kappa shape index (κ1) is 34.5. The first-order chi connectivity index (χ1) is 20.4. The Morgan fingerprint density at radius 1 is 0.930 bits per heavy atom. The van der Waals surface area contributed by atoms with Crippen LogP contribution in [0.4, 0.5) is 5.69 Å². The van der Waals surface area contributed by atoms with Crippen molar-refractivity contribution in [2.75, 3.05) is 38.5 Å². The number of piperazine rings is 1. The number of anilines is 1. The Labute approximate surface area is 258 Å². The maximum absolute atomic E-state index is 13.7. The number of amides is 3. The van der Waals surface area contributed by atoms with Gasteiger partial charge in [0.1, 0.15) is 11.6 Å². The molecule has 240 valence electrons. The summed E-state index contributed by atoms with van der Waals surface area (Å²) in [5, 5.41) is 6.07. The number of benzene rings is 1. The SMILES string of the molecule is CCC(=O)N[C@@H](C(=O)N1CCN(C)CC1)[C@@H](CC)c1ccc(NC(=O)[C@@H](CC(=O)OC(C)(C)C)C2CCCCCC2)cc1. The second-order valence-corrected chi connectivity index (χ2v) is 13.3. The van der Waals surface area contributed by atoms with E-state index in [1.54, 1.807) is 6.92 Å². The summed E-state index contributed by atoms with van der Waals surface area (Å²) < 4.78 is 5.59. The molecule has 3 atom stereocenters. The molecule has 1 heterocycles. The number of likely N-dealkylation sites (N-methyl/N-ethyl adjacent to an activating group) is 1. The van der Waals surface area contributed by atoms with E-state index in [0.717, 1.165) is 57.2 Å². The third-order valence-electron chi connectivity index (χ3n) is 8.78. The molecule has 3 rings (SSSR count). The van der Waals surface area contributed by atoms with Crippen molar-refractivity contribution in [1.29, 1.82) is 0 Å². The van der Waals surface area contributed by atoms with E-state index in [1.807, 2.05) is 63.9 Å². The summed E-state index contributed by atoms with van der Waals surface area (Å²) in [5.74, 6) is -1.22. The Bertz CT molecular complexity index is 1070. The van der Waals surface area contributed by atoms with Crippen LogP contribution in [0.15, 0.2) is 24.3 Å². The summed E-state index contributed by atoms with van der Waals surface area (Å²) in [5.41, 5.74) is 0.970. The molecule has 43 heavy (non-hydrogen) atoms. The lowest BCUT2D eigenvalue weighted by Crippen LogP contribution is -2.56. The lowest BCUT2D eigenvalue weighted by atomic mass is 9.83. The third-order valence-corrected chi connectivity index (χ3v) is 8.78. The topological polar surface area (TPSA) is 108 Å². The predicted octanol–water partition coefficient (Wildman–Crippen LogP) is 5.11. The number of hydrogen-bond donors (Lipinski definition) is 2. The largest absolute Gasteiger partial charge is 0.460 e. The van der Waals surface area contributed by atoms with E-state index >= 15 is 0 Å². The van der Waals surface area contributed by atoms with E-state index in [-0.39, 0.29) is 41.9 Å². The van der Waals surface area contributed by atoms with Gasteiger partial charge in [-0.15, -0.1) is 0 Å². The molecule has 1 aromatic carbocycles. The Kier molecular flexibility index (Phi) is 13.0. The summed E-state index contributed by atoms with van der Waals surface area (Å²) in [6.07, 6.45) is 7.36. The van der Waals surface area contributed by atoms with Crippen molar-refractivity contribution in [3.8, 4) is 0 Å². The number of carbonyl (C=O) groups is 4. The zero-order valence-corrected chi connectivity index (χ0v) is 27.2. The van der Waals surface area contributed by atoms with Gasteiger partial charge >= 0.3 is 5.97 Å². The predicted molar refractivity (Wildman–Crippen MR) is 170 cm³/mol. The number of carbonyl (C=O) groups excluding carboxylic acids is 4. The van der Waals surface area contributed by atoms with Crippen molar-refractivity contribution >= 4 is 29.4 Å². The van der Waals surface area contributed by atoms with Crippen LogP contribution in [0, 0.1) is 11.8 Å². The molecule has 1 aliphatic heterocycles. The molecule has 3 amide bonds. The monoisotopic (exact) mass is 598 g/mol. The quantitative estimate of drug-likeness (QED) is 0.271. The Morgan fingerprint density at radius 2 is 1.53 bits per heavy atom. The Balaban J connectivity index is 1.77. The van der Waals surface area contributed by atoms with Crippen LogP contribution in [0.5, 0.6) is 0 Å². The van der Waals surface area contributed by atoms with Crippen LogP contribution in [0.2, 0.25) is 0 Å². The van der Waals surface area contributed by atoms with Crippen LogP contribution in [0.25, 0.3) is 0 Å². The molecule has 1 saturated heterocycles. The van der Waals surface area contributed by atoms with E-state index in [0.29, 0.717) is 31.6 Å². The third kappa shape index (κ3) is 10.6. The maximum Gasteiger partial charge on any atom is 0.307 e. The molecule has 0 unspecified atom stereocenters. The zero-order valence-electron chi connectivity index (χ0n) is 27.2. The molecule has 0 bridgehead atoms. The van der Waals surface area contributed by atoms with Gasteiger partial charge in [0, 0.05) is 44.2 Å². The first-order valence-electron chi connectivity index (χ1n) is 16.3. The van der Waals surface area contributed by atoms with Gasteiger partial charge in [0.2, 0.25) is 17.7 Å². The molecule has 9 nitrogen and oxygen atoms in total. The molecule has 1 aliphatic carbocycles. The van der Waals surface area contributed by atoms with Gasteiger partial charge in [-0.05, 0) is 70.7 Å². The molecule has 2 N–H and O–H groups in total. The van der Waals surface area contributed by atoms with Crippen LogP contribution in [0.3, 0.4) is 0 Å². The molecule has 0 spiro atoms. The van der Waals surface area contributed by atoms with Crippen molar-refractivity contribution in [2.45, 2.75) is 110 Å². The van der Waals surface area contributed by atoms with Crippen molar-refractivity contribution in [3.05, 3.63) is 29.8 Å². The van der Waals surface area contributed by atoms with Gasteiger partial charge in [0.25, 0.3) is 0 Å². The summed E-state index contributed by atoms with van der Waals surface area (Å²) >= 11 is 0. The van der Waals surface area contributed by atoms with Crippen LogP contribution in [0.1, 0.15) is 104 Å². The molecule has 1 saturated carbocycles. The Morgan fingerprint density at radius 3 is 2.07 bits per heavy atom. The van der Waals surface area contributed by atoms with Gasteiger partial charge in [-0.2, -0.15) is 0 Å². The maximum atomic E-state index is 13.7. The van der Waals surface area contributed by atoms with E-state index in [2.05, 4.69) is 15.5 Å². The van der Waals surface area contributed by atoms with E-state index in [1.165, 1.54) is 0 Å². The number of rotatable bonds is 11. The van der Waals surface area contributed by atoms with Crippen molar-refractivity contribution < 1.29 is 23.9 Å². The van der Waals surface area contributed by atoms with Crippen LogP contribution in [-0.2, 0) is 23.9 Å². The summed E-state index contributed by atoms with van der Waals surface area (Å²) in [7, 11) is 2.05. The van der Waals surface area contributed by atoms with Gasteiger partial charge in [0.05, 0.1) is 12.3 Å². The highest BCUT2D eigenvalue weighted by molar-refractivity contribution is 5.95. The number of nitrogens with zero attached hydrogens (tertiary/aromatic N) is 2. The van der Waals surface area contributed by atoms with Gasteiger partial charge in [0.15, 0.2) is 0 Å². The van der Waals surface area contributed by atoms with Crippen LogP contribution >= 0.6 is 0 Å². The van der Waals surface area contributed by atoms with Gasteiger partial charge < -0.3 is 25.2 Å². The summed E-state index contributed by atoms with van der Waals surface area (Å²) in [6, 6.07) is 6.91. The van der Waals surface area contributed by atoms with Gasteiger partial charge in [-0.25, -0.2) is 0 Å². The lowest BCUT2D eigenvalue weighted by molar-refractivity contribution is -0.157. The normalized spacial score (nSPS) is 19.1. The van der Waals surface area contributed by atoms with Crippen molar-refractivity contribution in [2.24, 2.45) is 11.8 Å². The molecular weight excluding hydrogens is 544 g/mol. The highest BCUT2D eigenvalue weighted by Gasteiger charge is 2.35. The van der Waals surface area contributed by atoms with E-state index in [4.69, 9.17) is 4.74 Å². The van der Waals surface area contributed by atoms with E-state index < -0.39 is 17.6 Å². The fraction of sp³-hybridized carbons (Fsp3) is 0.706. The van der Waals surface area contributed by atoms with Crippen molar-refractivity contribution in [1.82, 2.24) is 15.1 Å². The lowest BCUT2D eigenvalue weighted by Gasteiger charge is -2.37. The number of hydrogen-bond acceptors (Lipinski definition) is 6. The fourth-order valence-corrected chi connectivity index (χ4v) is 6.30. The highest BCUT2D eigenvalue weighted by atomic mass is 16.6. The molecule has 0 radical (unpaired) electrons. The number of nitrogens with one attached hydrogen (secondary N) is 2. The summed E-state index contributed by atoms with van der Waals surface area (Å²) in [6.45, 7) is 12.2. The minimum Gasteiger partial charge on any atom is -0.460 e. The molecule has 9 heteroatoms. The zero-order chi connectivity index (χ0) is 31.6. The fourth-order valence-electron chi connectivity index (χ4n) is 6.30. The average molecular weight is 599 g/mol. The average Bonchev–Trinajstić information content (AvgIpc) is 3.25. The first-order valence-corrected chi connectivity index (χ1v) is 16.3. The summed E-state index contributed by atoms with van der Waals surface area (Å²) in [4.78, 5) is 56.6. The Hall–Kier alpha value is -2.94. The molecular formula is C34H54N4O5. The highest BCUT2D eigenvalue weighted by Crippen LogP contribution is 2.33. The molecule has 0 aromatic heterocycles. The van der Waals surface area contributed by atoms with Crippen LogP contribution in [-0.4, -0.2) is 78.4 Å². The number of ether oxygens (including phenoxy) is 1. The second-order valence-electron chi connectivity index (χ2n) is 13.3. The van der Waals surface area contributed by atoms with Crippen molar-refractivity contribution in [3.63, 3.8) is 0 Å². The molecule has 2 aliphatic rings. The number of esters is 1. The second kappa shape index (κ2) is 16.2. The molecule has 2 fully saturated rings.